The number of Topliss-reactive ketones (excluding diaryl/α,β-unsaturated/α-hetero) is 1. The molecule has 0 fully saturated rings. The lowest BCUT2D eigenvalue weighted by molar-refractivity contribution is -0.118. The average molecular weight is 317 g/mol. The fraction of sp³-hybridized carbons (Fsp3) is 0.235. The molecule has 2 aromatic carbocycles. The zero-order valence-corrected chi connectivity index (χ0v) is 12.6. The largest absolute Gasteiger partial charge is 0.299 e. The molecule has 0 saturated carbocycles. The van der Waals surface area contributed by atoms with E-state index in [0.717, 1.165) is 16.5 Å². The van der Waals surface area contributed by atoms with E-state index in [2.05, 4.69) is 35.0 Å². The summed E-state index contributed by atoms with van der Waals surface area (Å²) in [6.07, 6.45) is 1.96. The number of ketones is 1. The molecule has 0 amide bonds. The molecule has 0 unspecified atom stereocenters. The van der Waals surface area contributed by atoms with Crippen molar-refractivity contribution in [2.24, 2.45) is 0 Å². The first-order chi connectivity index (χ1) is 9.15. The van der Waals surface area contributed by atoms with Crippen LogP contribution in [-0.2, 0) is 17.6 Å². The summed E-state index contributed by atoms with van der Waals surface area (Å²) in [5.41, 5.74) is 3.60. The molecule has 0 bridgehead atoms. The summed E-state index contributed by atoms with van der Waals surface area (Å²) < 4.78 is 1.02. The predicted molar refractivity (Wildman–Crippen MR) is 82.4 cm³/mol. The van der Waals surface area contributed by atoms with Gasteiger partial charge in [0, 0.05) is 17.3 Å². The van der Waals surface area contributed by atoms with Gasteiger partial charge in [-0.3, -0.25) is 4.79 Å². The molecular formula is C17H17BrO. The maximum Gasteiger partial charge on any atom is 0.137 e. The van der Waals surface area contributed by atoms with E-state index in [1.165, 1.54) is 11.1 Å². The third-order valence-corrected chi connectivity index (χ3v) is 3.72. The second kappa shape index (κ2) is 6.67. The third-order valence-electron chi connectivity index (χ3n) is 3.22. The van der Waals surface area contributed by atoms with Gasteiger partial charge in [-0.25, -0.2) is 0 Å². The number of carbonyl (C=O) groups excluding carboxylic acids is 1. The molecule has 19 heavy (non-hydrogen) atoms. The molecule has 2 rings (SSSR count). The molecule has 98 valence electrons. The number of aryl methyl sites for hydroxylation is 2. The molecule has 0 atom stereocenters. The maximum atomic E-state index is 12.0. The average Bonchev–Trinajstić information content (AvgIpc) is 2.38. The maximum absolute atomic E-state index is 12.0. The van der Waals surface area contributed by atoms with Crippen molar-refractivity contribution in [2.75, 3.05) is 0 Å². The van der Waals surface area contributed by atoms with Gasteiger partial charge in [-0.15, -0.1) is 0 Å². The minimum Gasteiger partial charge on any atom is -0.299 e. The first kappa shape index (κ1) is 14.0. The Hall–Kier alpha value is -1.41. The summed E-state index contributed by atoms with van der Waals surface area (Å²) in [5.74, 6) is 0.293. The van der Waals surface area contributed by atoms with Crippen LogP contribution in [0.3, 0.4) is 0 Å². The van der Waals surface area contributed by atoms with Crippen LogP contribution < -0.4 is 0 Å². The quantitative estimate of drug-likeness (QED) is 0.793. The summed E-state index contributed by atoms with van der Waals surface area (Å²) in [6, 6.07) is 16.2. The smallest absolute Gasteiger partial charge is 0.137 e. The van der Waals surface area contributed by atoms with E-state index in [1.807, 2.05) is 36.4 Å². The molecule has 2 heteroatoms. The molecule has 0 aliphatic carbocycles. The number of carbonyl (C=O) groups is 1. The van der Waals surface area contributed by atoms with Crippen molar-refractivity contribution >= 4 is 21.7 Å². The Morgan fingerprint density at radius 3 is 2.63 bits per heavy atom. The van der Waals surface area contributed by atoms with Gasteiger partial charge in [0.25, 0.3) is 0 Å². The van der Waals surface area contributed by atoms with Crippen molar-refractivity contribution in [1.82, 2.24) is 0 Å². The molecule has 0 heterocycles. The highest BCUT2D eigenvalue weighted by Crippen LogP contribution is 2.14. The highest BCUT2D eigenvalue weighted by atomic mass is 79.9. The summed E-state index contributed by atoms with van der Waals surface area (Å²) >= 11 is 3.43. The second-order valence-electron chi connectivity index (χ2n) is 4.77. The lowest BCUT2D eigenvalue weighted by atomic mass is 10.00. The van der Waals surface area contributed by atoms with Crippen molar-refractivity contribution in [3.63, 3.8) is 0 Å². The highest BCUT2D eigenvalue weighted by Gasteiger charge is 2.06. The Bertz CT molecular complexity index is 575. The number of rotatable bonds is 5. The molecular weight excluding hydrogens is 300 g/mol. The van der Waals surface area contributed by atoms with E-state index in [0.29, 0.717) is 18.6 Å². The van der Waals surface area contributed by atoms with Gasteiger partial charge in [0.1, 0.15) is 5.78 Å². The Balaban J connectivity index is 1.90. The molecule has 1 nitrogen and oxygen atoms in total. The second-order valence-corrected chi connectivity index (χ2v) is 5.69. The van der Waals surface area contributed by atoms with Gasteiger partial charge in [-0.1, -0.05) is 52.3 Å². The van der Waals surface area contributed by atoms with Crippen molar-refractivity contribution in [3.05, 3.63) is 69.7 Å². The molecule has 0 saturated heterocycles. The summed E-state index contributed by atoms with van der Waals surface area (Å²) in [7, 11) is 0. The van der Waals surface area contributed by atoms with Gasteiger partial charge in [-0.2, -0.15) is 0 Å². The summed E-state index contributed by atoms with van der Waals surface area (Å²) in [4.78, 5) is 12.0. The van der Waals surface area contributed by atoms with Gasteiger partial charge < -0.3 is 0 Å². The predicted octanol–water partition coefficient (Wildman–Crippen LogP) is 4.50. The number of benzene rings is 2. The molecule has 0 radical (unpaired) electrons. The highest BCUT2D eigenvalue weighted by molar-refractivity contribution is 9.10. The normalized spacial score (nSPS) is 10.4. The van der Waals surface area contributed by atoms with Gasteiger partial charge in [-0.05, 0) is 42.2 Å². The fourth-order valence-corrected chi connectivity index (χ4v) is 2.57. The van der Waals surface area contributed by atoms with Crippen LogP contribution in [0.2, 0.25) is 0 Å². The molecule has 0 N–H and O–H groups in total. The van der Waals surface area contributed by atoms with E-state index in [-0.39, 0.29) is 0 Å². The topological polar surface area (TPSA) is 17.1 Å². The number of hydrogen-bond acceptors (Lipinski definition) is 1. The Kier molecular flexibility index (Phi) is 4.92. The van der Waals surface area contributed by atoms with Crippen LogP contribution in [0, 0.1) is 6.92 Å². The SMILES string of the molecule is Cc1ccccc1CCC(=O)Cc1cccc(Br)c1. The van der Waals surface area contributed by atoms with Crippen molar-refractivity contribution in [2.45, 2.75) is 26.2 Å². The Morgan fingerprint density at radius 2 is 1.89 bits per heavy atom. The van der Waals surface area contributed by atoms with Crippen LogP contribution in [0.1, 0.15) is 23.1 Å². The van der Waals surface area contributed by atoms with Crippen molar-refractivity contribution in [1.29, 1.82) is 0 Å². The monoisotopic (exact) mass is 316 g/mol. The third kappa shape index (κ3) is 4.32. The van der Waals surface area contributed by atoms with Crippen LogP contribution >= 0.6 is 15.9 Å². The lowest BCUT2D eigenvalue weighted by Crippen LogP contribution is -2.05. The first-order valence-corrected chi connectivity index (χ1v) is 7.25. The Labute approximate surface area is 122 Å². The summed E-state index contributed by atoms with van der Waals surface area (Å²) in [6.45, 7) is 2.09. The van der Waals surface area contributed by atoms with E-state index in [9.17, 15) is 4.79 Å². The fourth-order valence-electron chi connectivity index (χ4n) is 2.13. The lowest BCUT2D eigenvalue weighted by Gasteiger charge is -2.05. The zero-order valence-electron chi connectivity index (χ0n) is 11.0. The number of hydrogen-bond donors (Lipinski definition) is 0. The summed E-state index contributed by atoms with van der Waals surface area (Å²) in [5, 5.41) is 0. The van der Waals surface area contributed by atoms with Crippen molar-refractivity contribution in [3.8, 4) is 0 Å². The van der Waals surface area contributed by atoms with Crippen LogP contribution in [0.5, 0.6) is 0 Å². The minimum atomic E-state index is 0.293. The van der Waals surface area contributed by atoms with Crippen LogP contribution in [0.4, 0.5) is 0 Å². The van der Waals surface area contributed by atoms with Gasteiger partial charge in [0.2, 0.25) is 0 Å². The van der Waals surface area contributed by atoms with Crippen LogP contribution in [-0.4, -0.2) is 5.78 Å². The first-order valence-electron chi connectivity index (χ1n) is 6.46. The van der Waals surface area contributed by atoms with Crippen molar-refractivity contribution < 1.29 is 4.79 Å². The molecule has 0 aliphatic heterocycles. The van der Waals surface area contributed by atoms with Crippen LogP contribution in [0.25, 0.3) is 0 Å². The van der Waals surface area contributed by atoms with Crippen LogP contribution in [0.15, 0.2) is 53.0 Å². The van der Waals surface area contributed by atoms with Gasteiger partial charge >= 0.3 is 0 Å². The minimum absolute atomic E-state index is 0.293. The zero-order chi connectivity index (χ0) is 13.7. The van der Waals surface area contributed by atoms with E-state index in [1.54, 1.807) is 0 Å². The molecule has 0 spiro atoms. The standard InChI is InChI=1S/C17H17BrO/c1-13-5-2-3-7-15(13)9-10-17(19)12-14-6-4-8-16(18)11-14/h2-8,11H,9-10,12H2,1H3. The Morgan fingerprint density at radius 1 is 1.11 bits per heavy atom. The van der Waals surface area contributed by atoms with E-state index < -0.39 is 0 Å². The van der Waals surface area contributed by atoms with E-state index in [4.69, 9.17) is 0 Å². The molecule has 0 aliphatic rings. The van der Waals surface area contributed by atoms with Gasteiger partial charge in [0.05, 0.1) is 0 Å². The van der Waals surface area contributed by atoms with Gasteiger partial charge in [0.15, 0.2) is 0 Å². The number of halogens is 1. The molecule has 0 aromatic heterocycles. The van der Waals surface area contributed by atoms with E-state index >= 15 is 0 Å². The molecule has 2 aromatic rings.